The predicted molar refractivity (Wildman–Crippen MR) is 114 cm³/mol. The smallest absolute Gasteiger partial charge is 0.258 e. The number of amides is 1. The molecule has 2 aliphatic heterocycles. The van der Waals surface area contributed by atoms with E-state index >= 15 is 0 Å². The topological polar surface area (TPSA) is 55.4 Å². The molecule has 10 heteroatoms. The van der Waals surface area contributed by atoms with Crippen LogP contribution < -0.4 is 0 Å². The van der Waals surface area contributed by atoms with E-state index in [9.17, 15) is 22.4 Å². The molecular weight excluding hydrogens is 450 g/mol. The van der Waals surface area contributed by atoms with E-state index in [1.165, 1.54) is 33.7 Å². The van der Waals surface area contributed by atoms with Crippen LogP contribution in [0.15, 0.2) is 36.7 Å². The number of benzene rings is 1. The second kappa shape index (κ2) is 7.41. The first-order chi connectivity index (χ1) is 16.3. The summed E-state index contributed by atoms with van der Waals surface area (Å²) in [4.78, 5) is 15.5. The van der Waals surface area contributed by atoms with Gasteiger partial charge in [0.15, 0.2) is 17.5 Å². The first-order valence-electron chi connectivity index (χ1n) is 11.0. The third kappa shape index (κ3) is 2.97. The fraction of sp³-hybridized carbons (Fsp3) is 0.292. The molecule has 6 nitrogen and oxygen atoms in total. The molecule has 2 unspecified atom stereocenters. The zero-order chi connectivity index (χ0) is 23.7. The van der Waals surface area contributed by atoms with Crippen molar-refractivity contribution in [1.82, 2.24) is 24.3 Å². The highest BCUT2D eigenvalue weighted by Crippen LogP contribution is 2.45. The summed E-state index contributed by atoms with van der Waals surface area (Å²) in [7, 11) is 1.67. The molecule has 2 aliphatic rings. The molecule has 5 heterocycles. The summed E-state index contributed by atoms with van der Waals surface area (Å²) >= 11 is 0. The van der Waals surface area contributed by atoms with Gasteiger partial charge < -0.3 is 4.90 Å². The number of hydrogen-bond acceptors (Lipinski definition) is 3. The molecule has 0 radical (unpaired) electrons. The van der Waals surface area contributed by atoms with Gasteiger partial charge in [0.25, 0.3) is 5.91 Å². The second-order valence-electron chi connectivity index (χ2n) is 8.84. The van der Waals surface area contributed by atoms with Crippen LogP contribution in [0.2, 0.25) is 0 Å². The van der Waals surface area contributed by atoms with E-state index in [1.807, 2.05) is 4.90 Å². The minimum absolute atomic E-state index is 0.146. The van der Waals surface area contributed by atoms with Crippen molar-refractivity contribution in [3.63, 3.8) is 0 Å². The molecule has 0 saturated carbocycles. The van der Waals surface area contributed by atoms with Crippen LogP contribution in [0.1, 0.15) is 46.9 Å². The van der Waals surface area contributed by atoms with E-state index in [1.54, 1.807) is 7.05 Å². The number of aromatic nitrogens is 4. The van der Waals surface area contributed by atoms with Crippen molar-refractivity contribution in [3.8, 4) is 11.3 Å². The molecular formula is C24H19F4N5O. The maximum absolute atomic E-state index is 14.0. The molecule has 174 valence electrons. The van der Waals surface area contributed by atoms with Gasteiger partial charge in [-0.05, 0) is 49.9 Å². The first-order valence-corrected chi connectivity index (χ1v) is 11.0. The van der Waals surface area contributed by atoms with Crippen LogP contribution in [0.4, 0.5) is 17.6 Å². The van der Waals surface area contributed by atoms with Crippen molar-refractivity contribution in [2.24, 2.45) is 7.05 Å². The number of halogens is 4. The molecule has 1 aromatic carbocycles. The molecule has 0 aliphatic carbocycles. The number of rotatable bonds is 2. The Morgan fingerprint density at radius 2 is 1.85 bits per heavy atom. The van der Waals surface area contributed by atoms with E-state index in [-0.39, 0.29) is 23.6 Å². The molecule has 1 saturated heterocycles. The number of hydrogen-bond donors (Lipinski definition) is 0. The van der Waals surface area contributed by atoms with E-state index in [4.69, 9.17) is 0 Å². The lowest BCUT2D eigenvalue weighted by molar-refractivity contribution is 0.0394. The monoisotopic (exact) mass is 469 g/mol. The largest absolute Gasteiger partial charge is 0.327 e. The Hall–Kier alpha value is -3.69. The third-order valence-electron chi connectivity index (χ3n) is 6.88. The van der Waals surface area contributed by atoms with Crippen molar-refractivity contribution in [1.29, 1.82) is 0 Å². The zero-order valence-electron chi connectivity index (χ0n) is 18.1. The maximum Gasteiger partial charge on any atom is 0.258 e. The highest BCUT2D eigenvalue weighted by molar-refractivity contribution is 6.01. The number of carbonyl (C=O) groups is 1. The SMILES string of the molecule is Cn1nc2c(c1-c1cc(F)c(F)c(F)c1)CC1CCCC2N1C(=O)c1cnn2cc(F)ccc12. The van der Waals surface area contributed by atoms with Gasteiger partial charge in [-0.3, -0.25) is 9.48 Å². The summed E-state index contributed by atoms with van der Waals surface area (Å²) in [5.41, 5.74) is 3.09. The Kier molecular flexibility index (Phi) is 4.55. The Labute approximate surface area is 191 Å². The van der Waals surface area contributed by atoms with Gasteiger partial charge in [-0.25, -0.2) is 22.1 Å². The lowest BCUT2D eigenvalue weighted by Gasteiger charge is -2.45. The van der Waals surface area contributed by atoms with Crippen molar-refractivity contribution < 1.29 is 22.4 Å². The lowest BCUT2D eigenvalue weighted by Crippen LogP contribution is -2.49. The summed E-state index contributed by atoms with van der Waals surface area (Å²) in [6.07, 6.45) is 5.46. The number of carbonyl (C=O) groups excluding carboxylic acids is 1. The van der Waals surface area contributed by atoms with Crippen LogP contribution in [0, 0.1) is 23.3 Å². The van der Waals surface area contributed by atoms with Gasteiger partial charge in [-0.2, -0.15) is 10.2 Å². The Morgan fingerprint density at radius 3 is 2.62 bits per heavy atom. The van der Waals surface area contributed by atoms with Crippen LogP contribution in [-0.4, -0.2) is 36.2 Å². The van der Waals surface area contributed by atoms with Crippen molar-refractivity contribution >= 4 is 11.4 Å². The van der Waals surface area contributed by atoms with Gasteiger partial charge in [-0.1, -0.05) is 0 Å². The molecule has 3 aromatic heterocycles. The minimum Gasteiger partial charge on any atom is -0.327 e. The molecule has 1 fully saturated rings. The molecule has 1 amide bonds. The van der Waals surface area contributed by atoms with Crippen LogP contribution in [0.25, 0.3) is 16.8 Å². The summed E-state index contributed by atoms with van der Waals surface area (Å²) in [5.74, 6) is -4.71. The number of aryl methyl sites for hydroxylation is 1. The van der Waals surface area contributed by atoms with Gasteiger partial charge in [0.05, 0.1) is 40.9 Å². The molecule has 2 bridgehead atoms. The van der Waals surface area contributed by atoms with Gasteiger partial charge in [0.2, 0.25) is 0 Å². The highest BCUT2D eigenvalue weighted by Gasteiger charge is 2.44. The van der Waals surface area contributed by atoms with Gasteiger partial charge in [0, 0.05) is 24.2 Å². The van der Waals surface area contributed by atoms with E-state index in [0.717, 1.165) is 30.5 Å². The molecule has 0 spiro atoms. The Balaban J connectivity index is 1.44. The summed E-state index contributed by atoms with van der Waals surface area (Å²) in [5, 5.41) is 8.75. The van der Waals surface area contributed by atoms with Crippen molar-refractivity contribution in [2.75, 3.05) is 0 Å². The van der Waals surface area contributed by atoms with Crippen molar-refractivity contribution in [2.45, 2.75) is 37.8 Å². The molecule has 34 heavy (non-hydrogen) atoms. The number of fused-ring (bicyclic) bond motifs is 5. The van der Waals surface area contributed by atoms with Crippen LogP contribution >= 0.6 is 0 Å². The van der Waals surface area contributed by atoms with Gasteiger partial charge in [0.1, 0.15) is 5.82 Å². The third-order valence-corrected chi connectivity index (χ3v) is 6.88. The minimum atomic E-state index is -1.51. The Morgan fingerprint density at radius 1 is 1.09 bits per heavy atom. The van der Waals surface area contributed by atoms with E-state index in [2.05, 4.69) is 10.2 Å². The average Bonchev–Trinajstić information content (AvgIpc) is 3.36. The quantitative estimate of drug-likeness (QED) is 0.319. The van der Waals surface area contributed by atoms with Crippen LogP contribution in [-0.2, 0) is 13.5 Å². The summed E-state index contributed by atoms with van der Waals surface area (Å²) in [6, 6.07) is 4.29. The average molecular weight is 469 g/mol. The highest BCUT2D eigenvalue weighted by atomic mass is 19.2. The van der Waals surface area contributed by atoms with Crippen molar-refractivity contribution in [3.05, 3.63) is 76.7 Å². The van der Waals surface area contributed by atoms with Gasteiger partial charge >= 0.3 is 0 Å². The predicted octanol–water partition coefficient (Wildman–Crippen LogP) is 4.58. The summed E-state index contributed by atoms with van der Waals surface area (Å²) in [6.45, 7) is 0. The fourth-order valence-electron chi connectivity index (χ4n) is 5.47. The van der Waals surface area contributed by atoms with E-state index < -0.39 is 23.3 Å². The molecule has 4 aromatic rings. The van der Waals surface area contributed by atoms with Gasteiger partial charge in [-0.15, -0.1) is 0 Å². The second-order valence-corrected chi connectivity index (χ2v) is 8.84. The molecule has 6 rings (SSSR count). The fourth-order valence-corrected chi connectivity index (χ4v) is 5.47. The molecule has 2 atom stereocenters. The Bertz CT molecular complexity index is 1450. The zero-order valence-corrected chi connectivity index (χ0v) is 18.1. The molecule has 0 N–H and O–H groups in total. The van der Waals surface area contributed by atoms with Crippen LogP contribution in [0.3, 0.4) is 0 Å². The number of piperidine rings is 1. The standard InChI is InChI=1S/C24H19F4N5O/c1-31-23(12-7-17(26)21(28)18(27)8-12)15-9-14-3-2-4-20(22(15)30-31)33(14)24(34)16-10-29-32-11-13(25)5-6-19(16)32/h5-8,10-11,14,20H,2-4,9H2,1H3. The normalized spacial score (nSPS) is 19.5. The lowest BCUT2D eigenvalue weighted by atomic mass is 9.81. The van der Waals surface area contributed by atoms with E-state index in [0.29, 0.717) is 35.3 Å². The first kappa shape index (κ1) is 20.9. The van der Waals surface area contributed by atoms with Crippen LogP contribution in [0.5, 0.6) is 0 Å². The number of nitrogens with zero attached hydrogens (tertiary/aromatic N) is 5. The summed E-state index contributed by atoms with van der Waals surface area (Å²) < 4.78 is 57.9. The number of pyridine rings is 1. The maximum atomic E-state index is 14.0.